The number of aliphatic hydroxyl groups is 1. The highest BCUT2D eigenvalue weighted by Gasteiger charge is 2.61. The second-order valence-electron chi connectivity index (χ2n) is 4.95. The third kappa shape index (κ3) is 1.06. The first-order chi connectivity index (χ1) is 7.22. The summed E-state index contributed by atoms with van der Waals surface area (Å²) >= 11 is 0. The predicted molar refractivity (Wildman–Crippen MR) is 56.1 cm³/mol. The fourth-order valence-electron chi connectivity index (χ4n) is 3.12. The maximum Gasteiger partial charge on any atom is 0.113 e. The van der Waals surface area contributed by atoms with Crippen LogP contribution in [0.4, 0.5) is 0 Å². The molecule has 1 heterocycles. The number of nitrogens with zero attached hydrogens (tertiary/aromatic N) is 1. The van der Waals surface area contributed by atoms with Gasteiger partial charge in [0.25, 0.3) is 0 Å². The fourth-order valence-corrected chi connectivity index (χ4v) is 3.12. The van der Waals surface area contributed by atoms with Crippen LogP contribution in [0.1, 0.15) is 36.9 Å². The van der Waals surface area contributed by atoms with E-state index in [9.17, 15) is 5.11 Å². The molecule has 1 saturated carbocycles. The highest BCUT2D eigenvalue weighted by atomic mass is 16.3. The van der Waals surface area contributed by atoms with Crippen molar-refractivity contribution in [1.82, 2.24) is 10.2 Å². The molecule has 1 spiro atoms. The summed E-state index contributed by atoms with van der Waals surface area (Å²) in [7, 11) is 0. The standard InChI is InChI=1S/C11H17N3O/c12-6-5-11(15)9-8(7-13-14-9)1-2-10(11)3-4-10/h7,15H,1-6,12H2,(H,13,14). The number of aromatic nitrogens is 2. The summed E-state index contributed by atoms with van der Waals surface area (Å²) in [5.41, 5.74) is 7.08. The van der Waals surface area contributed by atoms with Crippen LogP contribution in [0, 0.1) is 5.41 Å². The number of nitrogens with two attached hydrogens (primary N) is 1. The van der Waals surface area contributed by atoms with Crippen LogP contribution in [0.5, 0.6) is 0 Å². The van der Waals surface area contributed by atoms with Gasteiger partial charge in [0.05, 0.1) is 11.9 Å². The van der Waals surface area contributed by atoms with Crippen molar-refractivity contribution in [2.75, 3.05) is 6.54 Å². The number of H-pyrrole nitrogens is 1. The number of nitrogens with one attached hydrogen (secondary N) is 1. The molecule has 2 aliphatic rings. The molecule has 2 aliphatic carbocycles. The van der Waals surface area contributed by atoms with E-state index in [1.54, 1.807) is 0 Å². The molecule has 1 atom stereocenters. The number of rotatable bonds is 2. The van der Waals surface area contributed by atoms with Crippen LogP contribution < -0.4 is 5.73 Å². The van der Waals surface area contributed by atoms with Crippen molar-refractivity contribution in [2.24, 2.45) is 11.1 Å². The predicted octanol–water partition coefficient (Wildman–Crippen LogP) is 0.672. The van der Waals surface area contributed by atoms with Crippen molar-refractivity contribution in [2.45, 2.75) is 37.7 Å². The molecule has 1 fully saturated rings. The van der Waals surface area contributed by atoms with Crippen LogP contribution in [-0.4, -0.2) is 21.8 Å². The van der Waals surface area contributed by atoms with Gasteiger partial charge < -0.3 is 10.8 Å². The maximum atomic E-state index is 10.9. The van der Waals surface area contributed by atoms with E-state index in [1.165, 1.54) is 5.56 Å². The average Bonchev–Trinajstić information content (AvgIpc) is 2.84. The highest BCUT2D eigenvalue weighted by Crippen LogP contribution is 2.64. The Kier molecular flexibility index (Phi) is 1.77. The Morgan fingerprint density at radius 2 is 2.27 bits per heavy atom. The molecule has 4 nitrogen and oxygen atoms in total. The maximum absolute atomic E-state index is 10.9. The minimum absolute atomic E-state index is 0.103. The summed E-state index contributed by atoms with van der Waals surface area (Å²) < 4.78 is 0. The van der Waals surface area contributed by atoms with E-state index in [0.29, 0.717) is 13.0 Å². The molecule has 0 amide bonds. The van der Waals surface area contributed by atoms with Gasteiger partial charge in [-0.15, -0.1) is 0 Å². The lowest BCUT2D eigenvalue weighted by molar-refractivity contribution is -0.0594. The van der Waals surface area contributed by atoms with Crippen molar-refractivity contribution < 1.29 is 5.11 Å². The SMILES string of the molecule is NCCC1(O)c2[nH]ncc2CCC12CC2. The molecular formula is C11H17N3O. The van der Waals surface area contributed by atoms with Gasteiger partial charge in [0.1, 0.15) is 5.60 Å². The Balaban J connectivity index is 2.08. The number of hydrogen-bond acceptors (Lipinski definition) is 3. The van der Waals surface area contributed by atoms with Crippen LogP contribution in [0.15, 0.2) is 6.20 Å². The average molecular weight is 207 g/mol. The zero-order valence-corrected chi connectivity index (χ0v) is 8.79. The lowest BCUT2D eigenvalue weighted by atomic mass is 9.70. The van der Waals surface area contributed by atoms with E-state index in [-0.39, 0.29) is 5.41 Å². The Bertz CT molecular complexity index is 383. The zero-order valence-electron chi connectivity index (χ0n) is 8.79. The molecule has 0 bridgehead atoms. The lowest BCUT2D eigenvalue weighted by Gasteiger charge is -2.40. The second-order valence-corrected chi connectivity index (χ2v) is 4.95. The van der Waals surface area contributed by atoms with Gasteiger partial charge in [0.2, 0.25) is 0 Å². The van der Waals surface area contributed by atoms with Crippen molar-refractivity contribution in [1.29, 1.82) is 0 Å². The van der Waals surface area contributed by atoms with E-state index >= 15 is 0 Å². The Labute approximate surface area is 88.9 Å². The monoisotopic (exact) mass is 207 g/mol. The van der Waals surface area contributed by atoms with Gasteiger partial charge in [0, 0.05) is 5.41 Å². The van der Waals surface area contributed by atoms with Crippen molar-refractivity contribution in [3.05, 3.63) is 17.5 Å². The molecule has 4 heteroatoms. The third-order valence-corrected chi connectivity index (χ3v) is 4.24. The van der Waals surface area contributed by atoms with Crippen LogP contribution >= 0.6 is 0 Å². The summed E-state index contributed by atoms with van der Waals surface area (Å²) in [6, 6.07) is 0. The van der Waals surface area contributed by atoms with Gasteiger partial charge in [-0.05, 0) is 44.2 Å². The molecular weight excluding hydrogens is 190 g/mol. The van der Waals surface area contributed by atoms with E-state index in [1.807, 2.05) is 6.20 Å². The lowest BCUT2D eigenvalue weighted by Crippen LogP contribution is -2.42. The van der Waals surface area contributed by atoms with Crippen molar-refractivity contribution >= 4 is 0 Å². The molecule has 0 radical (unpaired) electrons. The first-order valence-corrected chi connectivity index (χ1v) is 5.67. The zero-order chi connectivity index (χ0) is 10.5. The molecule has 1 aromatic heterocycles. The Hall–Kier alpha value is -0.870. The van der Waals surface area contributed by atoms with E-state index in [0.717, 1.165) is 31.4 Å². The Morgan fingerprint density at radius 3 is 2.93 bits per heavy atom. The second kappa shape index (κ2) is 2.83. The van der Waals surface area contributed by atoms with Gasteiger partial charge >= 0.3 is 0 Å². The smallest absolute Gasteiger partial charge is 0.113 e. The van der Waals surface area contributed by atoms with E-state index < -0.39 is 5.60 Å². The minimum atomic E-state index is -0.744. The Morgan fingerprint density at radius 1 is 1.47 bits per heavy atom. The van der Waals surface area contributed by atoms with Gasteiger partial charge in [-0.1, -0.05) is 0 Å². The van der Waals surface area contributed by atoms with Gasteiger partial charge in [-0.25, -0.2) is 0 Å². The molecule has 0 aliphatic heterocycles. The molecule has 15 heavy (non-hydrogen) atoms. The molecule has 1 unspecified atom stereocenters. The first kappa shape index (κ1) is 9.36. The van der Waals surface area contributed by atoms with Crippen molar-refractivity contribution in [3.8, 4) is 0 Å². The van der Waals surface area contributed by atoms with Gasteiger partial charge in [0.15, 0.2) is 0 Å². The van der Waals surface area contributed by atoms with Crippen LogP contribution in [-0.2, 0) is 12.0 Å². The molecule has 82 valence electrons. The molecule has 0 aromatic carbocycles. The van der Waals surface area contributed by atoms with Crippen LogP contribution in [0.3, 0.4) is 0 Å². The summed E-state index contributed by atoms with van der Waals surface area (Å²) in [6.07, 6.45) is 6.85. The number of aryl methyl sites for hydroxylation is 1. The van der Waals surface area contributed by atoms with E-state index in [2.05, 4.69) is 10.2 Å². The molecule has 0 saturated heterocycles. The minimum Gasteiger partial charge on any atom is -0.383 e. The quantitative estimate of drug-likeness (QED) is 0.667. The van der Waals surface area contributed by atoms with Crippen molar-refractivity contribution in [3.63, 3.8) is 0 Å². The first-order valence-electron chi connectivity index (χ1n) is 5.67. The molecule has 3 rings (SSSR count). The topological polar surface area (TPSA) is 74.9 Å². The highest BCUT2D eigenvalue weighted by molar-refractivity contribution is 5.33. The summed E-state index contributed by atoms with van der Waals surface area (Å²) in [6.45, 7) is 0.525. The third-order valence-electron chi connectivity index (χ3n) is 4.24. The number of hydrogen-bond donors (Lipinski definition) is 3. The summed E-state index contributed by atoms with van der Waals surface area (Å²) in [5.74, 6) is 0. The van der Waals surface area contributed by atoms with Gasteiger partial charge in [-0.2, -0.15) is 5.10 Å². The van der Waals surface area contributed by atoms with Gasteiger partial charge in [-0.3, -0.25) is 5.10 Å². The molecule has 4 N–H and O–H groups in total. The largest absolute Gasteiger partial charge is 0.383 e. The molecule has 1 aromatic rings. The van der Waals surface area contributed by atoms with Crippen LogP contribution in [0.2, 0.25) is 0 Å². The summed E-state index contributed by atoms with van der Waals surface area (Å²) in [4.78, 5) is 0. The number of fused-ring (bicyclic) bond motifs is 1. The van der Waals surface area contributed by atoms with Crippen LogP contribution in [0.25, 0.3) is 0 Å². The fraction of sp³-hybridized carbons (Fsp3) is 0.727. The number of aromatic amines is 1. The normalized spacial score (nSPS) is 31.6. The van der Waals surface area contributed by atoms with E-state index in [4.69, 9.17) is 5.73 Å². The summed E-state index contributed by atoms with van der Waals surface area (Å²) in [5, 5.41) is 17.9.